The molecule has 2 aromatic carbocycles. The zero-order valence-electron chi connectivity index (χ0n) is 16.9. The van der Waals surface area contributed by atoms with E-state index in [1.54, 1.807) is 0 Å². The van der Waals surface area contributed by atoms with Crippen molar-refractivity contribution in [3.63, 3.8) is 0 Å². The number of benzene rings is 2. The molecule has 1 aliphatic rings. The Morgan fingerprint density at radius 1 is 0.889 bits per heavy atom. The average Bonchev–Trinajstić information content (AvgIpc) is 2.86. The lowest BCUT2D eigenvalue weighted by Crippen LogP contribution is -2.41. The molecule has 27 heavy (non-hydrogen) atoms. The van der Waals surface area contributed by atoms with Crippen LogP contribution < -0.4 is 0 Å². The van der Waals surface area contributed by atoms with Crippen molar-refractivity contribution in [1.82, 2.24) is 0 Å². The van der Waals surface area contributed by atoms with Gasteiger partial charge in [-0.05, 0) is 68.8 Å². The molecule has 0 N–H and O–H groups in total. The van der Waals surface area contributed by atoms with Crippen LogP contribution in [0.4, 0.5) is 0 Å². The first-order chi connectivity index (χ1) is 12.8. The van der Waals surface area contributed by atoms with Crippen LogP contribution in [-0.4, -0.2) is 18.3 Å². The fraction of sp³-hybridized carbons (Fsp3) is 0.333. The minimum atomic E-state index is -0.376. The quantitative estimate of drug-likeness (QED) is 0.472. The van der Waals surface area contributed by atoms with Gasteiger partial charge >= 0.3 is 7.12 Å². The second kappa shape index (κ2) is 7.88. The molecule has 0 amide bonds. The molecule has 0 unspecified atom stereocenters. The average molecular weight is 360 g/mol. The zero-order chi connectivity index (χ0) is 19.5. The van der Waals surface area contributed by atoms with Crippen LogP contribution >= 0.6 is 0 Å². The summed E-state index contributed by atoms with van der Waals surface area (Å²) in [6.07, 6.45) is 1.86. The third-order valence-corrected chi connectivity index (χ3v) is 5.60. The Balaban J connectivity index is 1.83. The second-order valence-corrected chi connectivity index (χ2v) is 8.16. The molecule has 0 aromatic heterocycles. The minimum Gasteiger partial charge on any atom is -0.400 e. The number of rotatable bonds is 6. The van der Waals surface area contributed by atoms with Crippen LogP contribution in [-0.2, 0) is 15.7 Å². The highest BCUT2D eigenvalue weighted by Crippen LogP contribution is 2.38. The second-order valence-electron chi connectivity index (χ2n) is 8.16. The van der Waals surface area contributed by atoms with Gasteiger partial charge in [0.1, 0.15) is 0 Å². The van der Waals surface area contributed by atoms with Gasteiger partial charge < -0.3 is 9.31 Å². The van der Waals surface area contributed by atoms with Crippen LogP contribution in [0.1, 0.15) is 45.2 Å². The van der Waals surface area contributed by atoms with E-state index in [-0.39, 0.29) is 18.3 Å². The van der Waals surface area contributed by atoms with E-state index in [0.717, 1.165) is 29.6 Å². The Morgan fingerprint density at radius 2 is 1.41 bits per heavy atom. The van der Waals surface area contributed by atoms with Crippen molar-refractivity contribution in [1.29, 1.82) is 0 Å². The van der Waals surface area contributed by atoms with Gasteiger partial charge in [0.2, 0.25) is 0 Å². The topological polar surface area (TPSA) is 18.5 Å². The summed E-state index contributed by atoms with van der Waals surface area (Å²) in [6, 6.07) is 20.9. The minimum absolute atomic E-state index is 0.346. The fourth-order valence-corrected chi connectivity index (χ4v) is 3.20. The molecule has 2 aromatic rings. The maximum absolute atomic E-state index is 6.19. The predicted octanol–water partition coefficient (Wildman–Crippen LogP) is 5.89. The first kappa shape index (κ1) is 19.7. The molecule has 1 fully saturated rings. The molecule has 0 spiro atoms. The molecule has 0 bridgehead atoms. The molecule has 3 rings (SSSR count). The molecule has 140 valence electrons. The number of hydrogen-bond donors (Lipinski definition) is 0. The SMILES string of the molecule is C=C(CCc1ccccc1)/C(=C\B1OC(C)(C)C(C)(C)O1)c1ccccc1. The number of hydrogen-bond acceptors (Lipinski definition) is 2. The van der Waals surface area contributed by atoms with Crippen molar-refractivity contribution in [2.75, 3.05) is 0 Å². The third-order valence-electron chi connectivity index (χ3n) is 5.60. The lowest BCUT2D eigenvalue weighted by molar-refractivity contribution is 0.00578. The van der Waals surface area contributed by atoms with E-state index in [2.05, 4.69) is 88.8 Å². The van der Waals surface area contributed by atoms with E-state index in [1.165, 1.54) is 5.56 Å². The van der Waals surface area contributed by atoms with Gasteiger partial charge in [0.05, 0.1) is 11.2 Å². The molecule has 0 aliphatic carbocycles. The Bertz CT molecular complexity index is 791. The van der Waals surface area contributed by atoms with E-state index in [1.807, 2.05) is 12.1 Å². The van der Waals surface area contributed by atoms with E-state index in [0.29, 0.717) is 0 Å². The Hall–Kier alpha value is -2.10. The van der Waals surface area contributed by atoms with Crippen LogP contribution in [0.15, 0.2) is 78.8 Å². The van der Waals surface area contributed by atoms with Crippen molar-refractivity contribution >= 4 is 12.7 Å². The summed E-state index contributed by atoms with van der Waals surface area (Å²) in [4.78, 5) is 0. The maximum Gasteiger partial charge on any atom is 0.487 e. The highest BCUT2D eigenvalue weighted by atomic mass is 16.7. The molecule has 3 heteroatoms. The van der Waals surface area contributed by atoms with Gasteiger partial charge in [-0.3, -0.25) is 0 Å². The standard InChI is InChI=1S/C24H29BO2/c1-19(16-17-20-12-8-6-9-13-20)22(21-14-10-7-11-15-21)18-25-26-23(2,3)24(4,5)27-25/h6-15,18H,1,16-17H2,2-5H3/b22-18+. The van der Waals surface area contributed by atoms with Gasteiger partial charge in [-0.25, -0.2) is 0 Å². The van der Waals surface area contributed by atoms with E-state index in [9.17, 15) is 0 Å². The van der Waals surface area contributed by atoms with Gasteiger partial charge in [0.25, 0.3) is 0 Å². The lowest BCUT2D eigenvalue weighted by Gasteiger charge is -2.32. The highest BCUT2D eigenvalue weighted by molar-refractivity contribution is 6.53. The molecule has 1 heterocycles. The molecule has 0 saturated carbocycles. The Labute approximate surface area is 164 Å². The van der Waals surface area contributed by atoms with Crippen molar-refractivity contribution in [2.45, 2.75) is 51.7 Å². The first-order valence-corrected chi connectivity index (χ1v) is 9.63. The molecular weight excluding hydrogens is 331 g/mol. The Morgan fingerprint density at radius 3 is 1.96 bits per heavy atom. The lowest BCUT2D eigenvalue weighted by atomic mass is 9.81. The largest absolute Gasteiger partial charge is 0.487 e. The van der Waals surface area contributed by atoms with Gasteiger partial charge in [-0.2, -0.15) is 0 Å². The number of aryl methyl sites for hydroxylation is 1. The molecular formula is C24H29BO2. The summed E-state index contributed by atoms with van der Waals surface area (Å²) in [5.74, 6) is 2.08. The fourth-order valence-electron chi connectivity index (χ4n) is 3.20. The maximum atomic E-state index is 6.19. The predicted molar refractivity (Wildman–Crippen MR) is 114 cm³/mol. The van der Waals surface area contributed by atoms with Crippen LogP contribution in [0.3, 0.4) is 0 Å². The van der Waals surface area contributed by atoms with Crippen molar-refractivity contribution < 1.29 is 9.31 Å². The summed E-state index contributed by atoms with van der Waals surface area (Å²) >= 11 is 0. The van der Waals surface area contributed by atoms with Crippen molar-refractivity contribution in [3.05, 3.63) is 89.9 Å². The molecule has 0 atom stereocenters. The first-order valence-electron chi connectivity index (χ1n) is 9.63. The van der Waals surface area contributed by atoms with Crippen LogP contribution in [0.25, 0.3) is 5.57 Å². The summed E-state index contributed by atoms with van der Waals surface area (Å²) in [5, 5.41) is 0. The van der Waals surface area contributed by atoms with Crippen LogP contribution in [0, 0.1) is 0 Å². The van der Waals surface area contributed by atoms with Gasteiger partial charge in [0.15, 0.2) is 0 Å². The number of allylic oxidation sites excluding steroid dienone is 2. The summed E-state index contributed by atoms with van der Waals surface area (Å²) in [5.41, 5.74) is 3.97. The highest BCUT2D eigenvalue weighted by Gasteiger charge is 2.50. The van der Waals surface area contributed by atoms with Gasteiger partial charge in [-0.1, -0.05) is 67.2 Å². The normalized spacial score (nSPS) is 18.5. The van der Waals surface area contributed by atoms with E-state index >= 15 is 0 Å². The van der Waals surface area contributed by atoms with E-state index in [4.69, 9.17) is 9.31 Å². The summed E-state index contributed by atoms with van der Waals surface area (Å²) in [7, 11) is -0.376. The summed E-state index contributed by atoms with van der Waals surface area (Å²) in [6.45, 7) is 12.7. The van der Waals surface area contributed by atoms with Crippen molar-refractivity contribution in [3.8, 4) is 0 Å². The van der Waals surface area contributed by atoms with Crippen LogP contribution in [0.5, 0.6) is 0 Å². The van der Waals surface area contributed by atoms with Gasteiger partial charge in [-0.15, -0.1) is 0 Å². The molecule has 0 radical (unpaired) electrons. The monoisotopic (exact) mass is 360 g/mol. The Kier molecular flexibility index (Phi) is 5.73. The zero-order valence-corrected chi connectivity index (χ0v) is 16.9. The van der Waals surface area contributed by atoms with E-state index < -0.39 is 0 Å². The third kappa shape index (κ3) is 4.61. The van der Waals surface area contributed by atoms with Crippen molar-refractivity contribution in [2.24, 2.45) is 0 Å². The summed E-state index contributed by atoms with van der Waals surface area (Å²) < 4.78 is 12.4. The smallest absolute Gasteiger partial charge is 0.400 e. The molecule has 1 saturated heterocycles. The molecule has 1 aliphatic heterocycles. The van der Waals surface area contributed by atoms with Crippen LogP contribution in [0.2, 0.25) is 0 Å². The van der Waals surface area contributed by atoms with Gasteiger partial charge in [0, 0.05) is 0 Å². The molecule has 2 nitrogen and oxygen atoms in total.